The van der Waals surface area contributed by atoms with E-state index in [9.17, 15) is 8.42 Å². The van der Waals surface area contributed by atoms with Crippen LogP contribution in [0.25, 0.3) is 11.1 Å². The summed E-state index contributed by atoms with van der Waals surface area (Å²) in [7, 11) is -3.80. The molecule has 0 heterocycles. The lowest BCUT2D eigenvalue weighted by Crippen LogP contribution is -2.15. The number of hydrogen-bond acceptors (Lipinski definition) is 3. The first kappa shape index (κ1) is 15.5. The third kappa shape index (κ3) is 3.25. The van der Waals surface area contributed by atoms with Crippen LogP contribution < -0.4 is 9.88 Å². The van der Waals surface area contributed by atoms with Gasteiger partial charge in [0.15, 0.2) is 0 Å². The van der Waals surface area contributed by atoms with Crippen molar-refractivity contribution >= 4 is 10.0 Å². The van der Waals surface area contributed by atoms with Crippen LogP contribution >= 0.6 is 0 Å². The van der Waals surface area contributed by atoms with Gasteiger partial charge in [0.1, 0.15) is 5.75 Å². The van der Waals surface area contributed by atoms with Crippen molar-refractivity contribution in [1.82, 2.24) is 0 Å². The standard InChI is InChI=1S/C16H19NO3S/c1-3-13-14(20-4-2)10-11-15(21(17,18)19)16(13)12-8-6-5-7-9-12/h5-11H,3-4H2,1-2H3,(H2,17,18,19). The van der Waals surface area contributed by atoms with Crippen molar-refractivity contribution in [3.05, 3.63) is 48.0 Å². The summed E-state index contributed by atoms with van der Waals surface area (Å²) >= 11 is 0. The van der Waals surface area contributed by atoms with Crippen LogP contribution in [0.1, 0.15) is 19.4 Å². The highest BCUT2D eigenvalue weighted by atomic mass is 32.2. The van der Waals surface area contributed by atoms with Crippen LogP contribution in [0.15, 0.2) is 47.4 Å². The van der Waals surface area contributed by atoms with E-state index in [0.29, 0.717) is 24.3 Å². The highest BCUT2D eigenvalue weighted by Crippen LogP contribution is 2.36. The number of primary sulfonamides is 1. The molecule has 112 valence electrons. The van der Waals surface area contributed by atoms with Gasteiger partial charge in [0.2, 0.25) is 10.0 Å². The third-order valence-electron chi connectivity index (χ3n) is 3.25. The molecule has 0 saturated heterocycles. The zero-order chi connectivity index (χ0) is 15.5. The molecule has 0 aromatic heterocycles. The maximum atomic E-state index is 11.9. The Morgan fingerprint density at radius 1 is 1.05 bits per heavy atom. The first-order valence-corrected chi connectivity index (χ1v) is 8.40. The summed E-state index contributed by atoms with van der Waals surface area (Å²) in [5, 5.41) is 5.37. The molecule has 4 nitrogen and oxygen atoms in total. The predicted octanol–water partition coefficient (Wildman–Crippen LogP) is 2.96. The van der Waals surface area contributed by atoms with Gasteiger partial charge in [-0.1, -0.05) is 37.3 Å². The Morgan fingerprint density at radius 2 is 1.71 bits per heavy atom. The normalized spacial score (nSPS) is 11.4. The topological polar surface area (TPSA) is 69.4 Å². The summed E-state index contributed by atoms with van der Waals surface area (Å²) in [5.41, 5.74) is 2.31. The molecule has 0 amide bonds. The zero-order valence-corrected chi connectivity index (χ0v) is 13.0. The molecule has 0 aliphatic rings. The Kier molecular flexibility index (Phi) is 4.65. The van der Waals surface area contributed by atoms with Crippen LogP contribution in [0.3, 0.4) is 0 Å². The number of benzene rings is 2. The Hall–Kier alpha value is -1.85. The lowest BCUT2D eigenvalue weighted by Gasteiger charge is -2.17. The molecular weight excluding hydrogens is 286 g/mol. The largest absolute Gasteiger partial charge is 0.494 e. The van der Waals surface area contributed by atoms with Gasteiger partial charge in [-0.3, -0.25) is 0 Å². The molecule has 0 fully saturated rings. The molecule has 0 unspecified atom stereocenters. The first-order valence-electron chi connectivity index (χ1n) is 6.86. The Labute approximate surface area is 125 Å². The minimum atomic E-state index is -3.80. The maximum Gasteiger partial charge on any atom is 0.238 e. The second-order valence-electron chi connectivity index (χ2n) is 4.61. The van der Waals surface area contributed by atoms with Gasteiger partial charge in [0.25, 0.3) is 0 Å². The van der Waals surface area contributed by atoms with Crippen LogP contribution in [-0.4, -0.2) is 15.0 Å². The van der Waals surface area contributed by atoms with Gasteiger partial charge in [-0.2, -0.15) is 0 Å². The van der Waals surface area contributed by atoms with E-state index in [1.807, 2.05) is 44.2 Å². The summed E-state index contributed by atoms with van der Waals surface area (Å²) in [4.78, 5) is 0.133. The van der Waals surface area contributed by atoms with Crippen molar-refractivity contribution < 1.29 is 13.2 Å². The van der Waals surface area contributed by atoms with Crippen molar-refractivity contribution in [2.45, 2.75) is 25.2 Å². The average Bonchev–Trinajstić information content (AvgIpc) is 2.46. The molecule has 0 saturated carbocycles. The number of hydrogen-bond donors (Lipinski definition) is 1. The fourth-order valence-electron chi connectivity index (χ4n) is 2.41. The average molecular weight is 305 g/mol. The molecule has 0 atom stereocenters. The van der Waals surface area contributed by atoms with Crippen LogP contribution in [-0.2, 0) is 16.4 Å². The van der Waals surface area contributed by atoms with Gasteiger partial charge in [0.05, 0.1) is 11.5 Å². The molecule has 0 aliphatic carbocycles. The van der Waals surface area contributed by atoms with Gasteiger partial charge < -0.3 is 4.74 Å². The van der Waals surface area contributed by atoms with Crippen molar-refractivity contribution in [3.8, 4) is 16.9 Å². The number of ether oxygens (including phenoxy) is 1. The highest BCUT2D eigenvalue weighted by molar-refractivity contribution is 7.89. The molecule has 0 aliphatic heterocycles. The quantitative estimate of drug-likeness (QED) is 0.923. The second kappa shape index (κ2) is 6.28. The van der Waals surface area contributed by atoms with E-state index in [1.165, 1.54) is 6.07 Å². The van der Waals surface area contributed by atoms with E-state index in [0.717, 1.165) is 11.1 Å². The van der Waals surface area contributed by atoms with E-state index in [1.54, 1.807) is 6.07 Å². The number of sulfonamides is 1. The third-order valence-corrected chi connectivity index (χ3v) is 4.21. The Bertz CT molecular complexity index is 725. The Balaban J connectivity index is 2.81. The lowest BCUT2D eigenvalue weighted by atomic mass is 9.97. The molecule has 0 spiro atoms. The fourth-order valence-corrected chi connectivity index (χ4v) is 3.19. The summed E-state index contributed by atoms with van der Waals surface area (Å²) in [6, 6.07) is 12.6. The SMILES string of the molecule is CCOc1ccc(S(N)(=O)=O)c(-c2ccccc2)c1CC. The van der Waals surface area contributed by atoms with E-state index >= 15 is 0 Å². The van der Waals surface area contributed by atoms with Gasteiger partial charge in [0, 0.05) is 11.1 Å². The van der Waals surface area contributed by atoms with Gasteiger partial charge in [-0.25, -0.2) is 13.6 Å². The van der Waals surface area contributed by atoms with Crippen molar-refractivity contribution in [3.63, 3.8) is 0 Å². The minimum absolute atomic E-state index is 0.133. The van der Waals surface area contributed by atoms with E-state index in [4.69, 9.17) is 9.88 Å². The molecular formula is C16H19NO3S. The molecule has 0 radical (unpaired) electrons. The Morgan fingerprint density at radius 3 is 2.24 bits per heavy atom. The van der Waals surface area contributed by atoms with E-state index in [-0.39, 0.29) is 4.90 Å². The maximum absolute atomic E-state index is 11.9. The summed E-state index contributed by atoms with van der Waals surface area (Å²) in [6.07, 6.45) is 0.656. The van der Waals surface area contributed by atoms with Crippen LogP contribution in [0, 0.1) is 0 Å². The van der Waals surface area contributed by atoms with Crippen molar-refractivity contribution in [1.29, 1.82) is 0 Å². The summed E-state index contributed by atoms with van der Waals surface area (Å²) in [5.74, 6) is 0.700. The summed E-state index contributed by atoms with van der Waals surface area (Å²) in [6.45, 7) is 4.39. The van der Waals surface area contributed by atoms with Gasteiger partial charge in [-0.05, 0) is 31.0 Å². The monoisotopic (exact) mass is 305 g/mol. The van der Waals surface area contributed by atoms with E-state index < -0.39 is 10.0 Å². The molecule has 2 aromatic rings. The molecule has 2 aromatic carbocycles. The molecule has 21 heavy (non-hydrogen) atoms. The minimum Gasteiger partial charge on any atom is -0.494 e. The second-order valence-corrected chi connectivity index (χ2v) is 6.14. The van der Waals surface area contributed by atoms with Gasteiger partial charge >= 0.3 is 0 Å². The van der Waals surface area contributed by atoms with E-state index in [2.05, 4.69) is 0 Å². The van der Waals surface area contributed by atoms with Crippen molar-refractivity contribution in [2.24, 2.45) is 5.14 Å². The molecule has 2 N–H and O–H groups in total. The molecule has 5 heteroatoms. The number of nitrogens with two attached hydrogens (primary N) is 1. The fraction of sp³-hybridized carbons (Fsp3) is 0.250. The lowest BCUT2D eigenvalue weighted by molar-refractivity contribution is 0.337. The smallest absolute Gasteiger partial charge is 0.238 e. The number of rotatable bonds is 5. The van der Waals surface area contributed by atoms with Crippen LogP contribution in [0.4, 0.5) is 0 Å². The molecule has 0 bridgehead atoms. The predicted molar refractivity (Wildman–Crippen MR) is 83.8 cm³/mol. The van der Waals surface area contributed by atoms with Gasteiger partial charge in [-0.15, -0.1) is 0 Å². The van der Waals surface area contributed by atoms with Crippen LogP contribution in [0.2, 0.25) is 0 Å². The first-order chi connectivity index (χ1) is 9.99. The summed E-state index contributed by atoms with van der Waals surface area (Å²) < 4.78 is 29.4. The molecule has 2 rings (SSSR count). The van der Waals surface area contributed by atoms with Crippen LogP contribution in [0.5, 0.6) is 5.75 Å². The zero-order valence-electron chi connectivity index (χ0n) is 12.2. The highest BCUT2D eigenvalue weighted by Gasteiger charge is 2.21. The van der Waals surface area contributed by atoms with Crippen molar-refractivity contribution in [2.75, 3.05) is 6.61 Å².